The monoisotopic (exact) mass is 310 g/mol. The van der Waals surface area contributed by atoms with Crippen molar-refractivity contribution in [1.29, 1.82) is 0 Å². The summed E-state index contributed by atoms with van der Waals surface area (Å²) in [6.45, 7) is 2.30. The summed E-state index contributed by atoms with van der Waals surface area (Å²) >= 11 is 1.41. The summed E-state index contributed by atoms with van der Waals surface area (Å²) in [5.41, 5.74) is 0. The van der Waals surface area contributed by atoms with Gasteiger partial charge in [-0.1, -0.05) is 122 Å². The highest BCUT2D eigenvalue weighted by molar-refractivity contribution is 6.08. The first-order chi connectivity index (χ1) is 10.4. The predicted molar refractivity (Wildman–Crippen MR) is 102 cm³/mol. The van der Waals surface area contributed by atoms with Crippen molar-refractivity contribution in [2.75, 3.05) is 0 Å². The molecule has 126 valence electrons. The summed E-state index contributed by atoms with van der Waals surface area (Å²) in [6, 6.07) is 0. The van der Waals surface area contributed by atoms with Gasteiger partial charge in [0, 0.05) is 0 Å². The van der Waals surface area contributed by atoms with Gasteiger partial charge in [0.15, 0.2) is 0 Å². The lowest BCUT2D eigenvalue weighted by molar-refractivity contribution is 0.526. The van der Waals surface area contributed by atoms with Crippen molar-refractivity contribution in [3.63, 3.8) is 0 Å². The summed E-state index contributed by atoms with van der Waals surface area (Å²) in [4.78, 5) is 0. The van der Waals surface area contributed by atoms with Crippen molar-refractivity contribution < 1.29 is 0 Å². The highest BCUT2D eigenvalue weighted by Gasteiger charge is 1.94. The second-order valence-corrected chi connectivity index (χ2v) is 8.01. The molecule has 0 amide bonds. The van der Waals surface area contributed by atoms with Crippen molar-refractivity contribution in [2.45, 2.75) is 128 Å². The molecule has 0 atom stereocenters. The van der Waals surface area contributed by atoms with Crippen molar-refractivity contribution in [2.24, 2.45) is 0 Å². The van der Waals surface area contributed by atoms with Gasteiger partial charge < -0.3 is 0 Å². The summed E-state index contributed by atoms with van der Waals surface area (Å²) in [5.74, 6) is 0. The van der Waals surface area contributed by atoms with Crippen molar-refractivity contribution in [3.8, 4) is 0 Å². The predicted octanol–water partition coefficient (Wildman–Crippen LogP) is 7.08. The largest absolute Gasteiger partial charge is 0.211 e. The van der Waals surface area contributed by atoms with Gasteiger partial charge >= 0.3 is 0 Å². The Morgan fingerprint density at radius 1 is 0.381 bits per heavy atom. The highest BCUT2D eigenvalue weighted by atomic mass is 27.0. The van der Waals surface area contributed by atoms with Crippen molar-refractivity contribution >= 4 is 16.3 Å². The molecule has 1 heteroatoms. The first-order valence-corrected chi connectivity index (χ1v) is 11.8. The van der Waals surface area contributed by atoms with Gasteiger partial charge in [0.2, 0.25) is 16.3 Å². The van der Waals surface area contributed by atoms with Gasteiger partial charge in [-0.2, -0.15) is 0 Å². The Hall–Kier alpha value is 0.532. The molecule has 0 bridgehead atoms. The quantitative estimate of drug-likeness (QED) is 0.187. The minimum absolute atomic E-state index is 1.38. The van der Waals surface area contributed by atoms with Crippen LogP contribution in [0.5, 0.6) is 0 Å². The molecule has 0 aromatic heterocycles. The highest BCUT2D eigenvalue weighted by Crippen LogP contribution is 2.14. The Kier molecular flexibility index (Phi) is 21.1. The Morgan fingerprint density at radius 3 is 0.857 bits per heavy atom. The van der Waals surface area contributed by atoms with Gasteiger partial charge in [0.05, 0.1) is 0 Å². The van der Waals surface area contributed by atoms with Crippen LogP contribution in [0.2, 0.25) is 5.28 Å². The molecule has 21 heavy (non-hydrogen) atoms. The van der Waals surface area contributed by atoms with E-state index in [4.69, 9.17) is 0 Å². The molecule has 0 spiro atoms. The van der Waals surface area contributed by atoms with Gasteiger partial charge in [-0.15, -0.1) is 5.28 Å². The average Bonchev–Trinajstić information content (AvgIpc) is 2.50. The average molecular weight is 311 g/mol. The summed E-state index contributed by atoms with van der Waals surface area (Å²) < 4.78 is 0. The van der Waals surface area contributed by atoms with Crippen LogP contribution in [0.1, 0.15) is 122 Å². The van der Waals surface area contributed by atoms with Crippen molar-refractivity contribution in [3.05, 3.63) is 0 Å². The number of unbranched alkanes of at least 4 members (excludes halogenated alkanes) is 17. The SMILES string of the molecule is CCCCCCCCCCCCCCCCCCC[CH2][AlH2]. The van der Waals surface area contributed by atoms with Crippen LogP contribution in [0, 0.1) is 0 Å². The lowest BCUT2D eigenvalue weighted by Crippen LogP contribution is -1.84. The maximum atomic E-state index is 2.30. The zero-order valence-corrected chi connectivity index (χ0v) is 17.4. The van der Waals surface area contributed by atoms with E-state index in [9.17, 15) is 0 Å². The third kappa shape index (κ3) is 20.5. The van der Waals surface area contributed by atoms with Crippen LogP contribution in [0.4, 0.5) is 0 Å². The van der Waals surface area contributed by atoms with E-state index in [1.54, 1.807) is 0 Å². The van der Waals surface area contributed by atoms with Crippen LogP contribution in [-0.2, 0) is 0 Å². The van der Waals surface area contributed by atoms with E-state index in [-0.39, 0.29) is 0 Å². The van der Waals surface area contributed by atoms with Crippen LogP contribution in [0.25, 0.3) is 0 Å². The zero-order valence-electron chi connectivity index (χ0n) is 15.4. The summed E-state index contributed by atoms with van der Waals surface area (Å²) in [5, 5.41) is 1.51. The molecule has 0 saturated carbocycles. The second kappa shape index (κ2) is 20.5. The molecule has 0 radical (unpaired) electrons. The molecule has 0 heterocycles. The molecule has 0 rings (SSSR count). The fourth-order valence-corrected chi connectivity index (χ4v) is 3.65. The Balaban J connectivity index is 2.90. The van der Waals surface area contributed by atoms with E-state index in [2.05, 4.69) is 6.92 Å². The van der Waals surface area contributed by atoms with Gasteiger partial charge in [0.25, 0.3) is 0 Å². The van der Waals surface area contributed by atoms with E-state index in [1.165, 1.54) is 137 Å². The fourth-order valence-electron chi connectivity index (χ4n) is 3.15. The molecule has 0 saturated heterocycles. The van der Waals surface area contributed by atoms with E-state index in [1.807, 2.05) is 0 Å². The third-order valence-electron chi connectivity index (χ3n) is 4.71. The molecule has 0 unspecified atom stereocenters. The molecule has 0 nitrogen and oxygen atoms in total. The minimum Gasteiger partial charge on any atom is -0.101 e. The molecule has 0 N–H and O–H groups in total. The molecule has 0 fully saturated rings. The lowest BCUT2D eigenvalue weighted by atomic mass is 10.0. The number of rotatable bonds is 18. The smallest absolute Gasteiger partial charge is 0.101 e. The first-order valence-electron chi connectivity index (χ1n) is 10.4. The Bertz CT molecular complexity index is 149. The maximum Gasteiger partial charge on any atom is 0.211 e. The molecular formula is C20H43Al. The van der Waals surface area contributed by atoms with Crippen molar-refractivity contribution in [1.82, 2.24) is 0 Å². The van der Waals surface area contributed by atoms with Crippen LogP contribution >= 0.6 is 0 Å². The van der Waals surface area contributed by atoms with E-state index < -0.39 is 0 Å². The molecule has 0 aromatic rings. The zero-order chi connectivity index (χ0) is 15.4. The number of hydrogen-bond acceptors (Lipinski definition) is 0. The van der Waals surface area contributed by atoms with Gasteiger partial charge in [0.1, 0.15) is 0 Å². The molecule has 0 aliphatic carbocycles. The summed E-state index contributed by atoms with van der Waals surface area (Å²) in [6.07, 6.45) is 26.7. The molecule has 0 aliphatic rings. The van der Waals surface area contributed by atoms with Crippen LogP contribution < -0.4 is 0 Å². The molecular weight excluding hydrogens is 267 g/mol. The summed E-state index contributed by atoms with van der Waals surface area (Å²) in [7, 11) is 0. The van der Waals surface area contributed by atoms with Crippen LogP contribution in [0.3, 0.4) is 0 Å². The van der Waals surface area contributed by atoms with Gasteiger partial charge in [-0.25, -0.2) is 0 Å². The molecule has 0 aromatic carbocycles. The van der Waals surface area contributed by atoms with Gasteiger partial charge in [-0.3, -0.25) is 0 Å². The first kappa shape index (κ1) is 21.5. The van der Waals surface area contributed by atoms with Crippen LogP contribution in [-0.4, -0.2) is 16.3 Å². The molecule has 0 aliphatic heterocycles. The second-order valence-electron chi connectivity index (χ2n) is 7.01. The normalized spacial score (nSPS) is 11.1. The third-order valence-corrected chi connectivity index (χ3v) is 5.41. The van der Waals surface area contributed by atoms with E-state index in [0.29, 0.717) is 0 Å². The van der Waals surface area contributed by atoms with Gasteiger partial charge in [-0.05, 0) is 0 Å². The fraction of sp³-hybridized carbons (Fsp3) is 1.00. The van der Waals surface area contributed by atoms with E-state index in [0.717, 1.165) is 0 Å². The standard InChI is InChI=1S/C20H41.Al.2H/c1-3-5-7-9-11-13-15-17-19-20-18-16-14-12-10-8-6-4-2;;;/h1,3-20H2,2H3;;;. The maximum absolute atomic E-state index is 2.30. The Morgan fingerprint density at radius 2 is 0.619 bits per heavy atom. The minimum atomic E-state index is 1.38. The van der Waals surface area contributed by atoms with Crippen LogP contribution in [0.15, 0.2) is 0 Å². The lowest BCUT2D eigenvalue weighted by Gasteiger charge is -2.03. The Labute approximate surface area is 144 Å². The number of hydrogen-bond donors (Lipinski definition) is 0. The topological polar surface area (TPSA) is 0 Å². The van der Waals surface area contributed by atoms with E-state index >= 15 is 0 Å².